The minimum absolute atomic E-state index is 0.680. The smallest absolute Gasteiger partial charge is 0.0281 e. The van der Waals surface area contributed by atoms with Gasteiger partial charge in [-0.1, -0.05) is 18.1 Å². The fourth-order valence-corrected chi connectivity index (χ4v) is 6.75. The van der Waals surface area contributed by atoms with E-state index in [1.807, 2.05) is 0 Å². The predicted molar refractivity (Wildman–Crippen MR) is 89.2 cm³/mol. The second-order valence-corrected chi connectivity index (χ2v) is 8.84. The minimum Gasteiger partial charge on any atom is -0.313 e. The second kappa shape index (κ2) is 5.72. The van der Waals surface area contributed by atoms with E-state index in [0.29, 0.717) is 6.04 Å². The molecule has 0 spiro atoms. The van der Waals surface area contributed by atoms with Crippen LogP contribution in [-0.4, -0.2) is 13.1 Å². The molecule has 0 aromatic carbocycles. The summed E-state index contributed by atoms with van der Waals surface area (Å²) < 4.78 is 0. The maximum Gasteiger partial charge on any atom is 0.0281 e. The normalized spacial score (nSPS) is 43.5. The molecule has 0 aliphatic heterocycles. The molecule has 0 amide bonds. The van der Waals surface area contributed by atoms with Crippen LogP contribution in [0, 0.1) is 23.2 Å². The lowest BCUT2D eigenvalue weighted by Crippen LogP contribution is -2.48. The van der Waals surface area contributed by atoms with Gasteiger partial charge in [0.25, 0.3) is 0 Å². The molecule has 0 radical (unpaired) electrons. The lowest BCUT2D eigenvalue weighted by Gasteiger charge is -2.58. The van der Waals surface area contributed by atoms with Gasteiger partial charge in [0.2, 0.25) is 0 Å². The molecule has 1 N–H and O–H groups in total. The quantitative estimate of drug-likeness (QED) is 0.712. The Labute approximate surface area is 131 Å². The van der Waals surface area contributed by atoms with Gasteiger partial charge in [-0.3, -0.25) is 0 Å². The van der Waals surface area contributed by atoms with Crippen molar-refractivity contribution in [1.82, 2.24) is 5.32 Å². The van der Waals surface area contributed by atoms with E-state index in [4.69, 9.17) is 0 Å². The zero-order valence-corrected chi connectivity index (χ0v) is 13.9. The molecule has 0 aromatic rings. The van der Waals surface area contributed by atoms with Crippen LogP contribution >= 0.6 is 0 Å². The lowest BCUT2D eigenvalue weighted by molar-refractivity contribution is -0.0602. The summed E-state index contributed by atoms with van der Waals surface area (Å²) in [5.41, 5.74) is 2.47. The number of allylic oxidation sites excluding steroid dienone is 1. The van der Waals surface area contributed by atoms with Gasteiger partial charge in [0.15, 0.2) is 0 Å². The van der Waals surface area contributed by atoms with Gasteiger partial charge in [-0.15, -0.1) is 0 Å². The van der Waals surface area contributed by atoms with Crippen molar-refractivity contribution in [3.05, 3.63) is 11.6 Å². The molecule has 0 heterocycles. The molecule has 1 unspecified atom stereocenters. The van der Waals surface area contributed by atoms with Crippen molar-refractivity contribution in [3.8, 4) is 0 Å². The van der Waals surface area contributed by atoms with Crippen LogP contribution in [0.25, 0.3) is 0 Å². The Hall–Kier alpha value is -0.300. The first-order valence-electron chi connectivity index (χ1n) is 9.62. The second-order valence-electron chi connectivity index (χ2n) is 8.84. The molecule has 5 aliphatic carbocycles. The molecule has 1 heteroatoms. The zero-order chi connectivity index (χ0) is 14.3. The maximum absolute atomic E-state index is 3.71. The summed E-state index contributed by atoms with van der Waals surface area (Å²) in [5.74, 6) is 3.28. The molecule has 0 aromatic heterocycles. The molecular weight excluding hydrogens is 254 g/mol. The van der Waals surface area contributed by atoms with Gasteiger partial charge < -0.3 is 5.32 Å². The van der Waals surface area contributed by atoms with E-state index >= 15 is 0 Å². The Balaban J connectivity index is 1.49. The van der Waals surface area contributed by atoms with Gasteiger partial charge in [-0.05, 0) is 101 Å². The molecule has 4 bridgehead atoms. The van der Waals surface area contributed by atoms with Gasteiger partial charge in [-0.25, -0.2) is 0 Å². The summed E-state index contributed by atoms with van der Waals surface area (Å²) in [7, 11) is 2.21. The van der Waals surface area contributed by atoms with Gasteiger partial charge >= 0.3 is 0 Å². The number of hydrogen-bond donors (Lipinski definition) is 1. The Morgan fingerprint density at radius 1 is 1.05 bits per heavy atom. The average molecular weight is 287 g/mol. The summed E-state index contributed by atoms with van der Waals surface area (Å²) in [6.07, 6.45) is 20.4. The molecule has 5 rings (SSSR count). The summed E-state index contributed by atoms with van der Waals surface area (Å²) in [4.78, 5) is 0. The number of likely N-dealkylation sites (N-methyl/N-ethyl adjacent to an activating group) is 1. The highest BCUT2D eigenvalue weighted by atomic mass is 14.9. The summed E-state index contributed by atoms with van der Waals surface area (Å²) in [5, 5.41) is 3.71. The van der Waals surface area contributed by atoms with Crippen LogP contribution in [0.5, 0.6) is 0 Å². The standard InChI is InChI=1S/C20H33N/c1-21-19(18-6-4-2-3-5-7-18)14-20-11-15-8-16(12-20)10-17(9-15)13-20/h6,15-17,19,21H,2-5,7-14H2,1H3. The van der Waals surface area contributed by atoms with Crippen molar-refractivity contribution >= 4 is 0 Å². The highest BCUT2D eigenvalue weighted by Crippen LogP contribution is 2.61. The minimum atomic E-state index is 0.680. The van der Waals surface area contributed by atoms with Gasteiger partial charge in [0.05, 0.1) is 0 Å². The summed E-state index contributed by atoms with van der Waals surface area (Å²) >= 11 is 0. The summed E-state index contributed by atoms with van der Waals surface area (Å²) in [6, 6.07) is 0.680. The van der Waals surface area contributed by atoms with Crippen LogP contribution in [0.15, 0.2) is 11.6 Å². The van der Waals surface area contributed by atoms with Crippen molar-refractivity contribution < 1.29 is 0 Å². The van der Waals surface area contributed by atoms with E-state index in [-0.39, 0.29) is 0 Å². The van der Waals surface area contributed by atoms with Gasteiger partial charge in [0, 0.05) is 6.04 Å². The van der Waals surface area contributed by atoms with E-state index in [2.05, 4.69) is 18.4 Å². The third kappa shape index (κ3) is 2.83. The zero-order valence-electron chi connectivity index (χ0n) is 13.9. The maximum atomic E-state index is 3.71. The van der Waals surface area contributed by atoms with Crippen LogP contribution in [0.1, 0.15) is 77.0 Å². The molecule has 5 aliphatic rings. The lowest BCUT2D eigenvalue weighted by atomic mass is 9.48. The first kappa shape index (κ1) is 14.3. The van der Waals surface area contributed by atoms with Crippen LogP contribution in [-0.2, 0) is 0 Å². The molecule has 4 fully saturated rings. The van der Waals surface area contributed by atoms with E-state index in [9.17, 15) is 0 Å². The van der Waals surface area contributed by atoms with Crippen molar-refractivity contribution in [1.29, 1.82) is 0 Å². The van der Waals surface area contributed by atoms with E-state index in [1.54, 1.807) is 44.1 Å². The third-order valence-corrected chi connectivity index (χ3v) is 7.17. The van der Waals surface area contributed by atoms with Crippen molar-refractivity contribution in [2.24, 2.45) is 23.2 Å². The van der Waals surface area contributed by atoms with Gasteiger partial charge in [0.1, 0.15) is 0 Å². The Kier molecular flexibility index (Phi) is 3.90. The van der Waals surface area contributed by atoms with Gasteiger partial charge in [-0.2, -0.15) is 0 Å². The van der Waals surface area contributed by atoms with E-state index in [0.717, 1.165) is 23.2 Å². The largest absolute Gasteiger partial charge is 0.313 e. The molecular formula is C20H33N. The molecule has 118 valence electrons. The fraction of sp³-hybridized carbons (Fsp3) is 0.900. The van der Waals surface area contributed by atoms with Crippen molar-refractivity contribution in [2.45, 2.75) is 83.1 Å². The van der Waals surface area contributed by atoms with Crippen molar-refractivity contribution in [2.75, 3.05) is 7.05 Å². The van der Waals surface area contributed by atoms with E-state index in [1.165, 1.54) is 38.5 Å². The molecule has 1 atom stereocenters. The highest BCUT2D eigenvalue weighted by molar-refractivity contribution is 5.15. The summed E-state index contributed by atoms with van der Waals surface area (Å²) in [6.45, 7) is 0. The Morgan fingerprint density at radius 3 is 2.33 bits per heavy atom. The first-order chi connectivity index (χ1) is 10.3. The topological polar surface area (TPSA) is 12.0 Å². The third-order valence-electron chi connectivity index (χ3n) is 7.17. The molecule has 4 saturated carbocycles. The van der Waals surface area contributed by atoms with Crippen LogP contribution in [0.4, 0.5) is 0 Å². The fourth-order valence-electron chi connectivity index (χ4n) is 6.75. The Bertz CT molecular complexity index is 373. The van der Waals surface area contributed by atoms with Crippen LogP contribution in [0.2, 0.25) is 0 Å². The highest BCUT2D eigenvalue weighted by Gasteiger charge is 2.51. The van der Waals surface area contributed by atoms with E-state index < -0.39 is 0 Å². The number of nitrogens with one attached hydrogen (secondary N) is 1. The predicted octanol–water partition coefficient (Wildman–Crippen LogP) is 5.07. The van der Waals surface area contributed by atoms with Crippen LogP contribution in [0.3, 0.4) is 0 Å². The number of hydrogen-bond acceptors (Lipinski definition) is 1. The number of rotatable bonds is 4. The van der Waals surface area contributed by atoms with Crippen molar-refractivity contribution in [3.63, 3.8) is 0 Å². The monoisotopic (exact) mass is 287 g/mol. The molecule has 0 saturated heterocycles. The molecule has 21 heavy (non-hydrogen) atoms. The average Bonchev–Trinajstić information content (AvgIpc) is 2.72. The van der Waals surface area contributed by atoms with Crippen LogP contribution < -0.4 is 5.32 Å². The molecule has 1 nitrogen and oxygen atoms in total. The first-order valence-corrected chi connectivity index (χ1v) is 9.62. The Morgan fingerprint density at radius 2 is 1.71 bits per heavy atom. The SMILES string of the molecule is CNC(CC12CC3CC(CC(C3)C1)C2)C1=CCCCCC1.